The third-order valence-corrected chi connectivity index (χ3v) is 2.22. The quantitative estimate of drug-likeness (QED) is 0.769. The van der Waals surface area contributed by atoms with Gasteiger partial charge in [-0.25, -0.2) is 0 Å². The highest BCUT2D eigenvalue weighted by Crippen LogP contribution is 2.14. The van der Waals surface area contributed by atoms with Gasteiger partial charge in [0.1, 0.15) is 0 Å². The van der Waals surface area contributed by atoms with Crippen molar-refractivity contribution in [1.82, 2.24) is 0 Å². The summed E-state index contributed by atoms with van der Waals surface area (Å²) in [6, 6.07) is 7.95. The van der Waals surface area contributed by atoms with Gasteiger partial charge in [-0.05, 0) is 37.0 Å². The van der Waals surface area contributed by atoms with Gasteiger partial charge < -0.3 is 5.32 Å². The molecule has 0 aliphatic carbocycles. The predicted molar refractivity (Wildman–Crippen MR) is 68.4 cm³/mol. The summed E-state index contributed by atoms with van der Waals surface area (Å²) in [4.78, 5) is 11.4. The molecule has 2 heteroatoms. The summed E-state index contributed by atoms with van der Waals surface area (Å²) < 4.78 is 0. The molecule has 0 fully saturated rings. The van der Waals surface area contributed by atoms with Crippen LogP contribution in [0.5, 0.6) is 0 Å². The van der Waals surface area contributed by atoms with E-state index in [9.17, 15) is 4.79 Å². The van der Waals surface area contributed by atoms with Gasteiger partial charge in [0.25, 0.3) is 5.91 Å². The van der Waals surface area contributed by atoms with Crippen LogP contribution in [0.3, 0.4) is 0 Å². The molecule has 0 aliphatic rings. The minimum Gasteiger partial charge on any atom is -0.322 e. The predicted octanol–water partition coefficient (Wildman–Crippen LogP) is 3.40. The summed E-state index contributed by atoms with van der Waals surface area (Å²) >= 11 is 0. The van der Waals surface area contributed by atoms with Gasteiger partial charge in [0.15, 0.2) is 0 Å². The van der Waals surface area contributed by atoms with Crippen LogP contribution in [0.25, 0.3) is 0 Å². The van der Waals surface area contributed by atoms with Crippen LogP contribution in [0.1, 0.15) is 26.3 Å². The number of rotatable bonds is 4. The molecule has 0 radical (unpaired) electrons. The Kier molecular flexibility index (Phi) is 4.29. The first kappa shape index (κ1) is 12.5. The van der Waals surface area contributed by atoms with Crippen LogP contribution in [-0.4, -0.2) is 5.91 Å². The average molecular weight is 217 g/mol. The van der Waals surface area contributed by atoms with E-state index >= 15 is 0 Å². The first-order valence-electron chi connectivity index (χ1n) is 5.55. The molecule has 1 aromatic rings. The number of benzene rings is 1. The van der Waals surface area contributed by atoms with E-state index in [-0.39, 0.29) is 5.91 Å². The summed E-state index contributed by atoms with van der Waals surface area (Å²) in [6.45, 7) is 9.67. The van der Waals surface area contributed by atoms with E-state index < -0.39 is 0 Å². The van der Waals surface area contributed by atoms with Crippen LogP contribution in [0, 0.1) is 5.92 Å². The van der Waals surface area contributed by atoms with Crippen molar-refractivity contribution in [1.29, 1.82) is 0 Å². The molecule has 0 spiro atoms. The van der Waals surface area contributed by atoms with E-state index in [0.717, 1.165) is 12.1 Å². The van der Waals surface area contributed by atoms with Gasteiger partial charge in [-0.15, -0.1) is 0 Å². The Balaban J connectivity index is 2.74. The minimum atomic E-state index is -0.123. The smallest absolute Gasteiger partial charge is 0.250 e. The Morgan fingerprint density at radius 3 is 2.69 bits per heavy atom. The maximum absolute atomic E-state index is 11.4. The maximum atomic E-state index is 11.4. The lowest BCUT2D eigenvalue weighted by atomic mass is 10.0. The molecule has 0 saturated carbocycles. The highest BCUT2D eigenvalue weighted by atomic mass is 16.1. The van der Waals surface area contributed by atoms with E-state index in [1.165, 1.54) is 5.56 Å². The van der Waals surface area contributed by atoms with Crippen molar-refractivity contribution in [3.63, 3.8) is 0 Å². The lowest BCUT2D eigenvalue weighted by Gasteiger charge is -2.08. The van der Waals surface area contributed by atoms with Crippen molar-refractivity contribution < 1.29 is 4.79 Å². The Hall–Kier alpha value is -1.57. The highest BCUT2D eigenvalue weighted by Gasteiger charge is 2.03. The summed E-state index contributed by atoms with van der Waals surface area (Å²) in [5, 5.41) is 2.82. The van der Waals surface area contributed by atoms with E-state index in [1.54, 1.807) is 6.92 Å². The summed E-state index contributed by atoms with van der Waals surface area (Å²) in [7, 11) is 0. The van der Waals surface area contributed by atoms with E-state index in [1.807, 2.05) is 18.2 Å². The van der Waals surface area contributed by atoms with Crippen molar-refractivity contribution in [2.45, 2.75) is 27.2 Å². The fourth-order valence-corrected chi connectivity index (χ4v) is 1.49. The number of hydrogen-bond donors (Lipinski definition) is 1. The fraction of sp³-hybridized carbons (Fsp3) is 0.357. The number of carbonyl (C=O) groups excluding carboxylic acids is 1. The van der Waals surface area contributed by atoms with Crippen LogP contribution in [-0.2, 0) is 11.2 Å². The van der Waals surface area contributed by atoms with Crippen molar-refractivity contribution in [3.05, 3.63) is 42.0 Å². The first-order chi connectivity index (χ1) is 7.49. The van der Waals surface area contributed by atoms with Crippen LogP contribution in [0.4, 0.5) is 5.69 Å². The normalized spacial score (nSPS) is 10.2. The molecule has 86 valence electrons. The molecule has 1 rings (SSSR count). The van der Waals surface area contributed by atoms with E-state index in [2.05, 4.69) is 31.8 Å². The fourth-order valence-electron chi connectivity index (χ4n) is 1.49. The second-order valence-corrected chi connectivity index (χ2v) is 4.53. The molecule has 0 atom stereocenters. The highest BCUT2D eigenvalue weighted by molar-refractivity contribution is 6.02. The Morgan fingerprint density at radius 1 is 1.44 bits per heavy atom. The summed E-state index contributed by atoms with van der Waals surface area (Å²) in [6.07, 6.45) is 1.02. The van der Waals surface area contributed by atoms with Crippen molar-refractivity contribution in [3.8, 4) is 0 Å². The van der Waals surface area contributed by atoms with Crippen LogP contribution < -0.4 is 5.32 Å². The zero-order valence-corrected chi connectivity index (χ0v) is 10.2. The first-order valence-corrected chi connectivity index (χ1v) is 5.55. The molecule has 0 heterocycles. The van der Waals surface area contributed by atoms with Crippen LogP contribution in [0.15, 0.2) is 36.4 Å². The number of anilines is 1. The zero-order valence-electron chi connectivity index (χ0n) is 10.2. The van der Waals surface area contributed by atoms with Gasteiger partial charge in [-0.1, -0.05) is 32.6 Å². The van der Waals surface area contributed by atoms with E-state index in [0.29, 0.717) is 11.5 Å². The molecular weight excluding hydrogens is 198 g/mol. The van der Waals surface area contributed by atoms with Crippen molar-refractivity contribution in [2.75, 3.05) is 5.32 Å². The number of carbonyl (C=O) groups is 1. The second kappa shape index (κ2) is 5.50. The van der Waals surface area contributed by atoms with Crippen LogP contribution >= 0.6 is 0 Å². The van der Waals surface area contributed by atoms with Gasteiger partial charge in [-0.3, -0.25) is 4.79 Å². The summed E-state index contributed by atoms with van der Waals surface area (Å²) in [5.41, 5.74) is 2.61. The Morgan fingerprint density at radius 2 is 2.12 bits per heavy atom. The van der Waals surface area contributed by atoms with Gasteiger partial charge in [0.2, 0.25) is 0 Å². The molecule has 0 aliphatic heterocycles. The number of nitrogens with one attached hydrogen (secondary N) is 1. The maximum Gasteiger partial charge on any atom is 0.250 e. The molecule has 0 bridgehead atoms. The molecule has 16 heavy (non-hydrogen) atoms. The largest absolute Gasteiger partial charge is 0.322 e. The van der Waals surface area contributed by atoms with Gasteiger partial charge in [0.05, 0.1) is 0 Å². The lowest BCUT2D eigenvalue weighted by Crippen LogP contribution is -2.11. The molecule has 0 unspecified atom stereocenters. The molecule has 1 aromatic carbocycles. The third-order valence-electron chi connectivity index (χ3n) is 2.22. The lowest BCUT2D eigenvalue weighted by molar-refractivity contribution is -0.112. The summed E-state index contributed by atoms with van der Waals surface area (Å²) in [5.74, 6) is 0.494. The Labute approximate surface area is 97.4 Å². The van der Waals surface area contributed by atoms with Crippen molar-refractivity contribution >= 4 is 11.6 Å². The Bertz CT molecular complexity index is 393. The van der Waals surface area contributed by atoms with Crippen LogP contribution in [0.2, 0.25) is 0 Å². The van der Waals surface area contributed by atoms with Gasteiger partial charge >= 0.3 is 0 Å². The SMILES string of the molecule is C=C(C)C(=O)Nc1cccc(CC(C)C)c1. The monoisotopic (exact) mass is 217 g/mol. The minimum absolute atomic E-state index is 0.123. The number of hydrogen-bond acceptors (Lipinski definition) is 1. The standard InChI is InChI=1S/C14H19NO/c1-10(2)8-12-6-5-7-13(9-12)15-14(16)11(3)4/h5-7,9-10H,3,8H2,1-2,4H3,(H,15,16). The van der Waals surface area contributed by atoms with E-state index in [4.69, 9.17) is 0 Å². The van der Waals surface area contributed by atoms with Gasteiger partial charge in [-0.2, -0.15) is 0 Å². The molecule has 2 nitrogen and oxygen atoms in total. The average Bonchev–Trinajstić information content (AvgIpc) is 2.16. The topological polar surface area (TPSA) is 29.1 Å². The second-order valence-electron chi connectivity index (χ2n) is 4.53. The van der Waals surface area contributed by atoms with Gasteiger partial charge in [0, 0.05) is 11.3 Å². The molecule has 0 aromatic heterocycles. The molecular formula is C14H19NO. The third kappa shape index (κ3) is 3.89. The zero-order chi connectivity index (χ0) is 12.1. The molecule has 0 saturated heterocycles. The molecule has 1 amide bonds. The van der Waals surface area contributed by atoms with Crippen molar-refractivity contribution in [2.24, 2.45) is 5.92 Å². The molecule has 1 N–H and O–H groups in total. The number of amides is 1.